The van der Waals surface area contributed by atoms with E-state index in [0.717, 1.165) is 24.4 Å². The Kier molecular flexibility index (Phi) is 4.55. The van der Waals surface area contributed by atoms with E-state index < -0.39 is 0 Å². The van der Waals surface area contributed by atoms with Crippen LogP contribution in [-0.4, -0.2) is 24.0 Å². The van der Waals surface area contributed by atoms with Gasteiger partial charge in [0.05, 0.1) is 24.2 Å². The number of aryl methyl sites for hydroxylation is 1. The number of aromatic hydroxyl groups is 1. The van der Waals surface area contributed by atoms with Crippen LogP contribution >= 0.6 is 0 Å². The molecule has 5 nitrogen and oxygen atoms in total. The smallest absolute Gasteiger partial charge is 0.232 e. The van der Waals surface area contributed by atoms with Crippen LogP contribution < -0.4 is 9.64 Å². The van der Waals surface area contributed by atoms with Crippen molar-refractivity contribution in [2.45, 2.75) is 39.2 Å². The lowest BCUT2D eigenvalue weighted by Crippen LogP contribution is -3.10. The standard InChI is InChI=1S/C21H23NO4/c1-14-6-7-15(25-14)12-19-20(24)16-8-9-18(23)17(21(16)26-19)13-22-10-4-2-3-5-11-22/h6-9,12,23H,2-5,10-11,13H2,1H3/p+1/b19-12-. The number of hydrogen-bond donors (Lipinski definition) is 2. The Morgan fingerprint density at radius 3 is 2.58 bits per heavy atom. The van der Waals surface area contributed by atoms with Gasteiger partial charge in [0, 0.05) is 6.08 Å². The van der Waals surface area contributed by atoms with Gasteiger partial charge < -0.3 is 19.2 Å². The number of ether oxygens (including phenoxy) is 1. The molecule has 1 saturated heterocycles. The Hall–Kier alpha value is -2.53. The minimum Gasteiger partial charge on any atom is -0.507 e. The third-order valence-corrected chi connectivity index (χ3v) is 5.19. The Morgan fingerprint density at radius 2 is 1.88 bits per heavy atom. The average molecular weight is 354 g/mol. The molecule has 0 amide bonds. The second-order valence-corrected chi connectivity index (χ2v) is 7.17. The van der Waals surface area contributed by atoms with Crippen LogP contribution in [0.4, 0.5) is 0 Å². The van der Waals surface area contributed by atoms with Crippen molar-refractivity contribution in [3.05, 3.63) is 52.7 Å². The van der Waals surface area contributed by atoms with Crippen LogP contribution in [0.2, 0.25) is 0 Å². The second-order valence-electron chi connectivity index (χ2n) is 7.17. The summed E-state index contributed by atoms with van der Waals surface area (Å²) in [6.07, 6.45) is 6.57. The summed E-state index contributed by atoms with van der Waals surface area (Å²) in [5, 5.41) is 10.4. The summed E-state index contributed by atoms with van der Waals surface area (Å²) in [5.41, 5.74) is 1.24. The second kappa shape index (κ2) is 7.00. The number of phenols is 1. The summed E-state index contributed by atoms with van der Waals surface area (Å²) in [6, 6.07) is 6.90. The van der Waals surface area contributed by atoms with Gasteiger partial charge in [0.25, 0.3) is 0 Å². The van der Waals surface area contributed by atoms with Crippen molar-refractivity contribution in [3.63, 3.8) is 0 Å². The highest BCUT2D eigenvalue weighted by Gasteiger charge is 2.32. The molecule has 1 aromatic carbocycles. The fraction of sp³-hybridized carbons (Fsp3) is 0.381. The first-order chi connectivity index (χ1) is 12.6. The van der Waals surface area contributed by atoms with E-state index in [2.05, 4.69) is 0 Å². The lowest BCUT2D eigenvalue weighted by Gasteiger charge is -2.18. The molecular weight excluding hydrogens is 330 g/mol. The minimum atomic E-state index is -0.166. The zero-order chi connectivity index (χ0) is 18.1. The zero-order valence-corrected chi connectivity index (χ0v) is 15.0. The summed E-state index contributed by atoms with van der Waals surface area (Å²) < 4.78 is 11.4. The summed E-state index contributed by atoms with van der Waals surface area (Å²) in [7, 11) is 0. The molecule has 1 fully saturated rings. The molecule has 1 aromatic heterocycles. The van der Waals surface area contributed by atoms with Crippen molar-refractivity contribution < 1.29 is 24.0 Å². The van der Waals surface area contributed by atoms with Gasteiger partial charge in [0.15, 0.2) is 11.5 Å². The maximum atomic E-state index is 12.7. The van der Waals surface area contributed by atoms with Gasteiger partial charge in [-0.1, -0.05) is 0 Å². The number of furan rings is 1. The van der Waals surface area contributed by atoms with E-state index in [1.54, 1.807) is 18.2 Å². The van der Waals surface area contributed by atoms with Crippen LogP contribution in [0.1, 0.15) is 53.1 Å². The van der Waals surface area contributed by atoms with Gasteiger partial charge in [-0.25, -0.2) is 0 Å². The number of likely N-dealkylation sites (tertiary alicyclic amines) is 1. The van der Waals surface area contributed by atoms with E-state index >= 15 is 0 Å². The number of quaternary nitrogens is 1. The van der Waals surface area contributed by atoms with Crippen molar-refractivity contribution >= 4 is 11.9 Å². The first kappa shape index (κ1) is 16.9. The van der Waals surface area contributed by atoms with Crippen molar-refractivity contribution in [1.82, 2.24) is 0 Å². The molecular formula is C21H24NO4+. The molecule has 4 rings (SSSR count). The molecule has 26 heavy (non-hydrogen) atoms. The van der Waals surface area contributed by atoms with Gasteiger partial charge in [0.1, 0.15) is 23.8 Å². The van der Waals surface area contributed by atoms with Crippen LogP contribution in [0.3, 0.4) is 0 Å². The van der Waals surface area contributed by atoms with E-state index in [1.807, 2.05) is 19.1 Å². The maximum Gasteiger partial charge on any atom is 0.232 e. The molecule has 0 radical (unpaired) electrons. The number of Topliss-reactive ketones (excluding diaryl/α,β-unsaturated/α-hetero) is 1. The first-order valence-electron chi connectivity index (χ1n) is 9.31. The van der Waals surface area contributed by atoms with Gasteiger partial charge in [-0.05, 0) is 56.9 Å². The number of ketones is 1. The van der Waals surface area contributed by atoms with Crippen molar-refractivity contribution in [2.75, 3.05) is 13.1 Å². The van der Waals surface area contributed by atoms with Gasteiger partial charge in [-0.3, -0.25) is 4.79 Å². The average Bonchev–Trinajstić information content (AvgIpc) is 3.05. The predicted molar refractivity (Wildman–Crippen MR) is 97.4 cm³/mol. The van der Waals surface area contributed by atoms with Crippen LogP contribution in [0.15, 0.2) is 34.4 Å². The normalized spacial score (nSPS) is 19.4. The number of carbonyl (C=O) groups excluding carboxylic acids is 1. The fourth-order valence-corrected chi connectivity index (χ4v) is 3.78. The highest BCUT2D eigenvalue weighted by molar-refractivity contribution is 6.14. The SMILES string of the molecule is Cc1ccc(/C=C2\Oc3c(ccc(O)c3C[NH+]3CCCCCC3)C2=O)o1. The van der Waals surface area contributed by atoms with Crippen LogP contribution in [0.25, 0.3) is 6.08 Å². The number of rotatable bonds is 3. The lowest BCUT2D eigenvalue weighted by atomic mass is 10.0. The Morgan fingerprint density at radius 1 is 1.12 bits per heavy atom. The third-order valence-electron chi connectivity index (χ3n) is 5.19. The van der Waals surface area contributed by atoms with Crippen LogP contribution in [-0.2, 0) is 6.54 Å². The molecule has 0 aliphatic carbocycles. The Balaban J connectivity index is 1.64. The molecule has 0 atom stereocenters. The molecule has 5 heteroatoms. The topological polar surface area (TPSA) is 64.1 Å². The van der Waals surface area contributed by atoms with Crippen LogP contribution in [0, 0.1) is 6.92 Å². The van der Waals surface area contributed by atoms with E-state index in [9.17, 15) is 9.90 Å². The Bertz CT molecular complexity index is 857. The largest absolute Gasteiger partial charge is 0.507 e. The monoisotopic (exact) mass is 354 g/mol. The number of fused-ring (bicyclic) bond motifs is 1. The molecule has 2 aromatic rings. The number of benzene rings is 1. The molecule has 0 bridgehead atoms. The number of hydrogen-bond acceptors (Lipinski definition) is 4. The fourth-order valence-electron chi connectivity index (χ4n) is 3.78. The summed E-state index contributed by atoms with van der Waals surface area (Å²) in [5.74, 6) is 2.14. The molecule has 136 valence electrons. The van der Waals surface area contributed by atoms with Crippen molar-refractivity contribution in [1.29, 1.82) is 0 Å². The molecule has 0 saturated carbocycles. The van der Waals surface area contributed by atoms with Crippen molar-refractivity contribution in [3.8, 4) is 11.5 Å². The van der Waals surface area contributed by atoms with Crippen molar-refractivity contribution in [2.24, 2.45) is 0 Å². The molecule has 2 N–H and O–H groups in total. The number of carbonyl (C=O) groups is 1. The minimum absolute atomic E-state index is 0.166. The Labute approximate surface area is 152 Å². The van der Waals surface area contributed by atoms with E-state index in [1.165, 1.54) is 30.6 Å². The van der Waals surface area contributed by atoms with Gasteiger partial charge in [-0.15, -0.1) is 0 Å². The quantitative estimate of drug-likeness (QED) is 0.832. The van der Waals surface area contributed by atoms with Gasteiger partial charge in [0.2, 0.25) is 5.78 Å². The van der Waals surface area contributed by atoms with E-state index in [0.29, 0.717) is 23.6 Å². The highest BCUT2D eigenvalue weighted by atomic mass is 16.5. The number of phenolic OH excluding ortho intramolecular Hbond substituents is 1. The molecule has 0 unspecified atom stereocenters. The molecule has 3 heterocycles. The van der Waals surface area contributed by atoms with Crippen LogP contribution in [0.5, 0.6) is 11.5 Å². The van der Waals surface area contributed by atoms with Gasteiger partial charge in [-0.2, -0.15) is 0 Å². The molecule has 2 aliphatic rings. The zero-order valence-electron chi connectivity index (χ0n) is 15.0. The predicted octanol–water partition coefficient (Wildman–Crippen LogP) is 2.87. The first-order valence-corrected chi connectivity index (χ1v) is 9.31. The van der Waals surface area contributed by atoms with E-state index in [4.69, 9.17) is 9.15 Å². The maximum absolute atomic E-state index is 12.7. The lowest BCUT2D eigenvalue weighted by molar-refractivity contribution is -0.913. The molecule has 2 aliphatic heterocycles. The molecule has 0 spiro atoms. The van der Waals surface area contributed by atoms with Gasteiger partial charge >= 0.3 is 0 Å². The van der Waals surface area contributed by atoms with E-state index in [-0.39, 0.29) is 17.3 Å². The number of allylic oxidation sites excluding steroid dienone is 1. The summed E-state index contributed by atoms with van der Waals surface area (Å²) in [6.45, 7) is 4.71. The summed E-state index contributed by atoms with van der Waals surface area (Å²) in [4.78, 5) is 14.1. The third kappa shape index (κ3) is 3.27. The summed E-state index contributed by atoms with van der Waals surface area (Å²) >= 11 is 0. The number of nitrogens with one attached hydrogen (secondary N) is 1. The highest BCUT2D eigenvalue weighted by Crippen LogP contribution is 2.39.